The molecule has 1 saturated heterocycles. The van der Waals surface area contributed by atoms with Crippen molar-refractivity contribution in [2.45, 2.75) is 158 Å². The van der Waals surface area contributed by atoms with Gasteiger partial charge in [-0.1, -0.05) is 83.1 Å². The van der Waals surface area contributed by atoms with Crippen LogP contribution in [0.5, 0.6) is 11.5 Å². The lowest BCUT2D eigenvalue weighted by molar-refractivity contribution is -0.242. The van der Waals surface area contributed by atoms with Gasteiger partial charge >= 0.3 is 0 Å². The van der Waals surface area contributed by atoms with Crippen molar-refractivity contribution in [3.63, 3.8) is 0 Å². The van der Waals surface area contributed by atoms with Gasteiger partial charge in [0.2, 0.25) is 0 Å². The molecule has 1 unspecified atom stereocenters. The highest BCUT2D eigenvalue weighted by Gasteiger charge is 2.38. The Labute approximate surface area is 287 Å². The molecule has 2 aromatic carbocycles. The van der Waals surface area contributed by atoms with Crippen LogP contribution in [0.25, 0.3) is 0 Å². The smallest absolute Gasteiger partial charge is 0.272 e. The van der Waals surface area contributed by atoms with Gasteiger partial charge in [-0.25, -0.2) is 0 Å². The maximum atomic E-state index is 11.3. The van der Waals surface area contributed by atoms with Gasteiger partial charge < -0.3 is 29.2 Å². The molecule has 0 bridgehead atoms. The molecule has 2 N–H and O–H groups in total. The first-order valence-corrected chi connectivity index (χ1v) is 18.1. The second-order valence-corrected chi connectivity index (χ2v) is 20.6. The Morgan fingerprint density at radius 3 is 1.41 bits per heavy atom. The Bertz CT molecular complexity index is 1270. The highest BCUT2D eigenvalue weighted by Crippen LogP contribution is 2.51. The van der Waals surface area contributed by atoms with Crippen molar-refractivity contribution in [3.8, 4) is 11.5 Å². The summed E-state index contributed by atoms with van der Waals surface area (Å²) < 4.78 is 23.6. The van der Waals surface area contributed by atoms with Gasteiger partial charge in [-0.15, -0.1) is 23.5 Å². The van der Waals surface area contributed by atoms with Gasteiger partial charge in [-0.2, -0.15) is 0 Å². The third-order valence-corrected chi connectivity index (χ3v) is 10.4. The van der Waals surface area contributed by atoms with Crippen LogP contribution in [0, 0.1) is 0 Å². The Balaban J connectivity index is 2.01. The summed E-state index contributed by atoms with van der Waals surface area (Å²) in [7, 11) is 0. The minimum Gasteiger partial charge on any atom is -0.507 e. The van der Waals surface area contributed by atoms with Crippen molar-refractivity contribution in [3.05, 3.63) is 46.5 Å². The first-order valence-electron chi connectivity index (χ1n) is 16.5. The summed E-state index contributed by atoms with van der Waals surface area (Å²) >= 11 is 3.67. The summed E-state index contributed by atoms with van der Waals surface area (Å²) in [5.41, 5.74) is 3.44. The van der Waals surface area contributed by atoms with E-state index in [9.17, 15) is 10.2 Å². The summed E-state index contributed by atoms with van der Waals surface area (Å²) in [4.78, 5) is 2.33. The van der Waals surface area contributed by atoms with Crippen molar-refractivity contribution < 1.29 is 29.2 Å². The molecule has 0 aliphatic carbocycles. The number of phenols is 1. The number of aromatic hydroxyl groups is 1. The molecule has 3 atom stereocenters. The first-order chi connectivity index (χ1) is 20.9. The summed E-state index contributed by atoms with van der Waals surface area (Å²) in [5, 5.41) is 21.2. The van der Waals surface area contributed by atoms with Gasteiger partial charge in [-0.3, -0.25) is 0 Å². The van der Waals surface area contributed by atoms with E-state index in [0.29, 0.717) is 12.4 Å². The van der Waals surface area contributed by atoms with Crippen LogP contribution >= 0.6 is 23.5 Å². The molecule has 0 radical (unpaired) electrons. The van der Waals surface area contributed by atoms with E-state index in [2.05, 4.69) is 121 Å². The third kappa shape index (κ3) is 9.82. The zero-order valence-electron chi connectivity index (χ0n) is 31.0. The van der Waals surface area contributed by atoms with E-state index in [0.717, 1.165) is 32.9 Å². The normalized spacial score (nSPS) is 20.0. The van der Waals surface area contributed by atoms with E-state index in [-0.39, 0.29) is 39.0 Å². The molecule has 1 fully saturated rings. The summed E-state index contributed by atoms with van der Waals surface area (Å²) in [6.45, 7) is 32.3. The molecule has 260 valence electrons. The number of thioether (sulfide) groups is 2. The second kappa shape index (κ2) is 14.2. The zero-order chi connectivity index (χ0) is 35.0. The predicted octanol–water partition coefficient (Wildman–Crippen LogP) is 9.68. The van der Waals surface area contributed by atoms with Crippen LogP contribution in [0.15, 0.2) is 34.1 Å². The number of aliphatic hydroxyl groups is 1. The lowest BCUT2D eigenvalue weighted by Crippen LogP contribution is -2.32. The fourth-order valence-electron chi connectivity index (χ4n) is 5.51. The Morgan fingerprint density at radius 2 is 1.04 bits per heavy atom. The van der Waals surface area contributed by atoms with E-state index in [4.69, 9.17) is 18.9 Å². The fourth-order valence-corrected chi connectivity index (χ4v) is 8.10. The molecule has 1 aliphatic heterocycles. The van der Waals surface area contributed by atoms with Crippen molar-refractivity contribution in [1.82, 2.24) is 0 Å². The van der Waals surface area contributed by atoms with Crippen molar-refractivity contribution in [2.75, 3.05) is 19.8 Å². The fraction of sp³-hybridized carbons (Fsp3) is 0.684. The number of ether oxygens (including phenoxy) is 4. The zero-order valence-corrected chi connectivity index (χ0v) is 32.6. The van der Waals surface area contributed by atoms with Gasteiger partial charge in [0.25, 0.3) is 6.48 Å². The largest absolute Gasteiger partial charge is 0.507 e. The maximum Gasteiger partial charge on any atom is 0.272 e. The van der Waals surface area contributed by atoms with Crippen molar-refractivity contribution in [1.29, 1.82) is 0 Å². The number of phenolic OH excluding ortho intramolecular Hbond substituents is 1. The average Bonchev–Trinajstić information content (AvgIpc) is 3.27. The molecule has 0 saturated carbocycles. The molecule has 6 nitrogen and oxygen atoms in total. The van der Waals surface area contributed by atoms with Gasteiger partial charge in [0.05, 0.1) is 10.7 Å². The topological polar surface area (TPSA) is 77.4 Å². The van der Waals surface area contributed by atoms with E-state index >= 15 is 0 Å². The predicted molar refractivity (Wildman–Crippen MR) is 193 cm³/mol. The highest BCUT2D eigenvalue weighted by atomic mass is 32.2. The van der Waals surface area contributed by atoms with Crippen LogP contribution in [0.1, 0.15) is 126 Å². The minimum atomic E-state index is -0.800. The SMILES string of the molecule is CCOC1O[C@@H](CO)[C@H](COc2c(C(C)(C)C)cc(SC(C)(C)Sc3cc(C(C)(C)C)c(O)c(C(C)(C)C)c3)cc2C(C)(C)C)O1. The monoisotopic (exact) mass is 676 g/mol. The molecular formula is C38H60O6S2. The minimum absolute atomic E-state index is 0.173. The Morgan fingerprint density at radius 1 is 0.652 bits per heavy atom. The summed E-state index contributed by atoms with van der Waals surface area (Å²) in [6, 6.07) is 8.88. The molecule has 0 aromatic heterocycles. The summed E-state index contributed by atoms with van der Waals surface area (Å²) in [5.74, 6) is 1.27. The van der Waals surface area contributed by atoms with Crippen LogP contribution in [-0.2, 0) is 35.9 Å². The standard InChI is InChI=1S/C38H60O6S2/c1-16-41-33-43-29(21-39)30(44-33)22-42-32-27(36(8,9)10)19-24(20-28(32)37(11,12)13)46-38(14,15)45-23-17-25(34(2,3)4)31(40)26(18-23)35(5,6)7/h17-20,29-30,33,39-40H,16,21-22H2,1-15H3/t29-,30-,33?/m0/s1. The third-order valence-electron chi connectivity index (χ3n) is 7.97. The van der Waals surface area contributed by atoms with Crippen LogP contribution in [0.3, 0.4) is 0 Å². The lowest BCUT2D eigenvalue weighted by atomic mass is 9.79. The number of aliphatic hydroxyl groups excluding tert-OH is 1. The maximum absolute atomic E-state index is 11.3. The van der Waals surface area contributed by atoms with Gasteiger partial charge in [0, 0.05) is 38.7 Å². The number of benzene rings is 2. The second-order valence-electron chi connectivity index (χ2n) is 16.9. The molecule has 0 spiro atoms. The van der Waals surface area contributed by atoms with Crippen LogP contribution < -0.4 is 4.74 Å². The lowest BCUT2D eigenvalue weighted by Gasteiger charge is -2.33. The number of hydrogen-bond acceptors (Lipinski definition) is 8. The molecule has 1 aliphatic rings. The summed E-state index contributed by atoms with van der Waals surface area (Å²) in [6.07, 6.45) is -0.967. The molecule has 0 amide bonds. The van der Waals surface area contributed by atoms with E-state index < -0.39 is 18.7 Å². The molecule has 46 heavy (non-hydrogen) atoms. The molecule has 3 rings (SSSR count). The molecule has 8 heteroatoms. The van der Waals surface area contributed by atoms with Gasteiger partial charge in [-0.05, 0) is 66.7 Å². The molecule has 1 heterocycles. The van der Waals surface area contributed by atoms with E-state index in [1.165, 1.54) is 4.90 Å². The number of rotatable bonds is 10. The van der Waals surface area contributed by atoms with Crippen LogP contribution in [0.2, 0.25) is 0 Å². The van der Waals surface area contributed by atoms with Gasteiger partial charge in [0.15, 0.2) is 0 Å². The first kappa shape index (κ1) is 39.0. The quantitative estimate of drug-likeness (QED) is 0.190. The Kier molecular flexibility index (Phi) is 12.1. The van der Waals surface area contributed by atoms with Crippen LogP contribution in [0.4, 0.5) is 0 Å². The van der Waals surface area contributed by atoms with Crippen molar-refractivity contribution >= 4 is 23.5 Å². The highest BCUT2D eigenvalue weighted by molar-refractivity contribution is 8.18. The van der Waals surface area contributed by atoms with Gasteiger partial charge in [0.1, 0.15) is 30.3 Å². The number of hydrogen-bond donors (Lipinski definition) is 2. The Hall–Kier alpha value is -1.42. The van der Waals surface area contributed by atoms with Crippen LogP contribution in [-0.4, -0.2) is 52.8 Å². The van der Waals surface area contributed by atoms with E-state index in [1.54, 1.807) is 0 Å². The molecular weight excluding hydrogens is 617 g/mol. The van der Waals surface area contributed by atoms with E-state index in [1.807, 2.05) is 30.4 Å². The molecule has 2 aromatic rings. The average molecular weight is 677 g/mol. The van der Waals surface area contributed by atoms with Crippen molar-refractivity contribution in [2.24, 2.45) is 0 Å².